The third-order valence-corrected chi connectivity index (χ3v) is 3.41. The minimum atomic E-state index is 0.544. The Labute approximate surface area is 118 Å². The molecule has 0 unspecified atom stereocenters. The fourth-order valence-corrected chi connectivity index (χ4v) is 2.35. The van der Waals surface area contributed by atoms with Gasteiger partial charge in [-0.15, -0.1) is 0 Å². The highest BCUT2D eigenvalue weighted by molar-refractivity contribution is 6.30. The van der Waals surface area contributed by atoms with Crippen LogP contribution in [0.1, 0.15) is 24.5 Å². The second-order valence-corrected chi connectivity index (χ2v) is 4.78. The number of rotatable bonds is 4. The van der Waals surface area contributed by atoms with E-state index >= 15 is 0 Å². The number of hydrogen-bond donors (Lipinski definition) is 0. The van der Waals surface area contributed by atoms with E-state index in [1.807, 2.05) is 25.1 Å². The van der Waals surface area contributed by atoms with Crippen molar-refractivity contribution in [1.29, 1.82) is 0 Å². The molecular weight excluding hydrogens is 260 g/mol. The van der Waals surface area contributed by atoms with E-state index in [1.54, 1.807) is 7.11 Å². The molecule has 2 aromatic rings. The summed E-state index contributed by atoms with van der Waals surface area (Å²) in [6.07, 6.45) is 3.40. The van der Waals surface area contributed by atoms with Crippen LogP contribution in [0, 0.1) is 6.92 Å². The van der Waals surface area contributed by atoms with Crippen LogP contribution in [0.3, 0.4) is 0 Å². The van der Waals surface area contributed by atoms with Gasteiger partial charge in [0, 0.05) is 11.1 Å². The van der Waals surface area contributed by atoms with Crippen LogP contribution in [-0.2, 0) is 6.42 Å². The molecule has 1 aromatic heterocycles. The van der Waals surface area contributed by atoms with Crippen molar-refractivity contribution in [2.24, 2.45) is 0 Å². The monoisotopic (exact) mass is 276 g/mol. The van der Waals surface area contributed by atoms with Gasteiger partial charge in [-0.25, -0.2) is 9.97 Å². The fourth-order valence-electron chi connectivity index (χ4n) is 2.12. The summed E-state index contributed by atoms with van der Waals surface area (Å²) in [5, 5.41) is 0.544. The molecule has 0 aliphatic carbocycles. The molecule has 0 N–H and O–H groups in total. The van der Waals surface area contributed by atoms with Crippen molar-refractivity contribution in [1.82, 2.24) is 9.97 Å². The zero-order valence-corrected chi connectivity index (χ0v) is 12.2. The maximum atomic E-state index is 6.19. The molecule has 0 amide bonds. The van der Waals surface area contributed by atoms with Gasteiger partial charge >= 0.3 is 0 Å². The van der Waals surface area contributed by atoms with Gasteiger partial charge in [0.25, 0.3) is 0 Å². The second-order valence-electron chi connectivity index (χ2n) is 4.42. The molecule has 0 aliphatic rings. The standard InChI is InChI=1S/C15H17ClN2O/c1-4-5-13-14(17-9-18-15(13)16)12-7-6-11(19-3)8-10(12)2/h6-9H,4-5H2,1-3H3. The van der Waals surface area contributed by atoms with Gasteiger partial charge in [0.1, 0.15) is 17.2 Å². The van der Waals surface area contributed by atoms with E-state index in [0.717, 1.165) is 41.0 Å². The summed E-state index contributed by atoms with van der Waals surface area (Å²) in [5.41, 5.74) is 4.13. The first-order chi connectivity index (χ1) is 9.17. The van der Waals surface area contributed by atoms with Crippen LogP contribution in [0.15, 0.2) is 24.5 Å². The lowest BCUT2D eigenvalue weighted by Gasteiger charge is -2.12. The van der Waals surface area contributed by atoms with Gasteiger partial charge in [-0.3, -0.25) is 0 Å². The molecule has 0 saturated carbocycles. The molecule has 0 atom stereocenters. The number of benzene rings is 1. The molecule has 0 spiro atoms. The van der Waals surface area contributed by atoms with Crippen LogP contribution >= 0.6 is 11.6 Å². The molecule has 3 nitrogen and oxygen atoms in total. The molecule has 4 heteroatoms. The average molecular weight is 277 g/mol. The molecule has 0 fully saturated rings. The summed E-state index contributed by atoms with van der Waals surface area (Å²) in [6, 6.07) is 5.96. The van der Waals surface area contributed by atoms with E-state index in [2.05, 4.69) is 16.9 Å². The van der Waals surface area contributed by atoms with E-state index in [-0.39, 0.29) is 0 Å². The number of ether oxygens (including phenoxy) is 1. The van der Waals surface area contributed by atoms with Crippen LogP contribution < -0.4 is 4.74 Å². The molecule has 0 saturated heterocycles. The Kier molecular flexibility index (Phi) is 4.38. The van der Waals surface area contributed by atoms with Crippen molar-refractivity contribution in [2.75, 3.05) is 7.11 Å². The molecule has 0 radical (unpaired) electrons. The van der Waals surface area contributed by atoms with Gasteiger partial charge in [0.05, 0.1) is 12.8 Å². The summed E-state index contributed by atoms with van der Waals surface area (Å²) in [4.78, 5) is 8.49. The Balaban J connectivity index is 2.55. The molecule has 1 heterocycles. The minimum Gasteiger partial charge on any atom is -0.497 e. The van der Waals surface area contributed by atoms with Crippen LogP contribution in [0.2, 0.25) is 5.15 Å². The van der Waals surface area contributed by atoms with E-state index in [1.165, 1.54) is 6.33 Å². The second kappa shape index (κ2) is 6.02. The van der Waals surface area contributed by atoms with Crippen molar-refractivity contribution in [3.63, 3.8) is 0 Å². The lowest BCUT2D eigenvalue weighted by atomic mass is 9.99. The van der Waals surface area contributed by atoms with Crippen LogP contribution in [-0.4, -0.2) is 17.1 Å². The van der Waals surface area contributed by atoms with Gasteiger partial charge < -0.3 is 4.74 Å². The fraction of sp³-hybridized carbons (Fsp3) is 0.333. The molecule has 19 heavy (non-hydrogen) atoms. The zero-order valence-electron chi connectivity index (χ0n) is 11.4. The molecule has 100 valence electrons. The maximum absolute atomic E-state index is 6.19. The van der Waals surface area contributed by atoms with Gasteiger partial charge in [0.2, 0.25) is 0 Å². The normalized spacial score (nSPS) is 10.5. The number of aromatic nitrogens is 2. The lowest BCUT2D eigenvalue weighted by Crippen LogP contribution is -1.98. The highest BCUT2D eigenvalue weighted by atomic mass is 35.5. The van der Waals surface area contributed by atoms with Crippen molar-refractivity contribution in [3.05, 3.63) is 40.8 Å². The smallest absolute Gasteiger partial charge is 0.136 e. The molecule has 0 aliphatic heterocycles. The summed E-state index contributed by atoms with van der Waals surface area (Å²) in [7, 11) is 1.67. The Bertz CT molecular complexity index is 584. The van der Waals surface area contributed by atoms with Crippen molar-refractivity contribution in [3.8, 4) is 17.0 Å². The number of nitrogens with zero attached hydrogens (tertiary/aromatic N) is 2. The Morgan fingerprint density at radius 1 is 1.26 bits per heavy atom. The van der Waals surface area contributed by atoms with Crippen molar-refractivity contribution < 1.29 is 4.74 Å². The van der Waals surface area contributed by atoms with E-state index < -0.39 is 0 Å². The number of methoxy groups -OCH3 is 1. The van der Waals surface area contributed by atoms with Gasteiger partial charge in [-0.05, 0) is 37.1 Å². The summed E-state index contributed by atoms with van der Waals surface area (Å²) >= 11 is 6.19. The Morgan fingerprint density at radius 3 is 2.68 bits per heavy atom. The van der Waals surface area contributed by atoms with Crippen LogP contribution in [0.4, 0.5) is 0 Å². The maximum Gasteiger partial charge on any atom is 0.136 e. The van der Waals surface area contributed by atoms with E-state index in [4.69, 9.17) is 16.3 Å². The largest absolute Gasteiger partial charge is 0.497 e. The van der Waals surface area contributed by atoms with Crippen LogP contribution in [0.5, 0.6) is 5.75 Å². The molecule has 2 rings (SSSR count). The molecule has 1 aromatic carbocycles. The zero-order chi connectivity index (χ0) is 13.8. The van der Waals surface area contributed by atoms with Crippen molar-refractivity contribution in [2.45, 2.75) is 26.7 Å². The number of hydrogen-bond acceptors (Lipinski definition) is 3. The van der Waals surface area contributed by atoms with E-state index in [9.17, 15) is 0 Å². The Hall–Kier alpha value is -1.61. The number of halogens is 1. The van der Waals surface area contributed by atoms with E-state index in [0.29, 0.717) is 5.15 Å². The minimum absolute atomic E-state index is 0.544. The quantitative estimate of drug-likeness (QED) is 0.790. The predicted octanol–water partition coefficient (Wildman–Crippen LogP) is 4.07. The molecule has 0 bridgehead atoms. The third kappa shape index (κ3) is 2.87. The average Bonchev–Trinajstić information content (AvgIpc) is 2.41. The van der Waals surface area contributed by atoms with Gasteiger partial charge in [-0.2, -0.15) is 0 Å². The Morgan fingerprint density at radius 2 is 2.05 bits per heavy atom. The first-order valence-corrected chi connectivity index (χ1v) is 6.69. The van der Waals surface area contributed by atoms with Gasteiger partial charge in [0.15, 0.2) is 0 Å². The number of aryl methyl sites for hydroxylation is 1. The summed E-state index contributed by atoms with van der Waals surface area (Å²) in [5.74, 6) is 0.846. The third-order valence-electron chi connectivity index (χ3n) is 3.08. The SMILES string of the molecule is CCCc1c(Cl)ncnc1-c1ccc(OC)cc1C. The topological polar surface area (TPSA) is 35.0 Å². The van der Waals surface area contributed by atoms with Gasteiger partial charge in [-0.1, -0.05) is 24.9 Å². The highest BCUT2D eigenvalue weighted by Crippen LogP contribution is 2.30. The van der Waals surface area contributed by atoms with Crippen molar-refractivity contribution >= 4 is 11.6 Å². The highest BCUT2D eigenvalue weighted by Gasteiger charge is 2.13. The first kappa shape index (κ1) is 13.8. The first-order valence-electron chi connectivity index (χ1n) is 6.31. The van der Waals surface area contributed by atoms with Crippen LogP contribution in [0.25, 0.3) is 11.3 Å². The lowest BCUT2D eigenvalue weighted by molar-refractivity contribution is 0.414. The summed E-state index contributed by atoms with van der Waals surface area (Å²) < 4.78 is 5.23. The summed E-state index contributed by atoms with van der Waals surface area (Å²) in [6.45, 7) is 4.16. The molecular formula is C15H17ClN2O. The predicted molar refractivity (Wildman–Crippen MR) is 77.8 cm³/mol.